The monoisotopic (exact) mass is 309 g/mol. The average molecular weight is 309 g/mol. The summed E-state index contributed by atoms with van der Waals surface area (Å²) in [7, 11) is 0. The van der Waals surface area contributed by atoms with Gasteiger partial charge >= 0.3 is 5.97 Å². The lowest BCUT2D eigenvalue weighted by Gasteiger charge is -2.34. The van der Waals surface area contributed by atoms with Crippen molar-refractivity contribution in [2.45, 2.75) is 51.4 Å². The highest BCUT2D eigenvalue weighted by molar-refractivity contribution is 7.09. The first-order valence-corrected chi connectivity index (χ1v) is 8.72. The van der Waals surface area contributed by atoms with Gasteiger partial charge in [0.2, 0.25) is 5.13 Å². The van der Waals surface area contributed by atoms with Crippen LogP contribution in [0.4, 0.5) is 5.13 Å². The molecule has 0 radical (unpaired) electrons. The fraction of sp³-hybridized carbons (Fsp3) is 0.800. The molecule has 0 spiro atoms. The number of rotatable bonds is 3. The normalized spacial score (nSPS) is 27.8. The number of hydrogen-bond donors (Lipinski definition) is 1. The Labute approximate surface area is 129 Å². The average Bonchev–Trinajstić information content (AvgIpc) is 2.97. The van der Waals surface area contributed by atoms with E-state index in [9.17, 15) is 9.90 Å². The molecule has 0 amide bonds. The molecule has 5 nitrogen and oxygen atoms in total. The molecule has 2 aliphatic rings. The van der Waals surface area contributed by atoms with Crippen molar-refractivity contribution in [2.24, 2.45) is 11.8 Å². The molecule has 21 heavy (non-hydrogen) atoms. The predicted octanol–water partition coefficient (Wildman–Crippen LogP) is 3.13. The van der Waals surface area contributed by atoms with E-state index in [4.69, 9.17) is 4.98 Å². The number of piperidine rings is 1. The van der Waals surface area contributed by atoms with Crippen LogP contribution in [0.25, 0.3) is 0 Å². The predicted molar refractivity (Wildman–Crippen MR) is 82.9 cm³/mol. The number of hydrogen-bond acceptors (Lipinski definition) is 5. The molecular formula is C15H23N3O2S. The van der Waals surface area contributed by atoms with Gasteiger partial charge in [0.25, 0.3) is 0 Å². The maximum absolute atomic E-state index is 11.3. The lowest BCUT2D eigenvalue weighted by atomic mass is 9.89. The molecule has 1 aromatic heterocycles. The molecule has 1 N–H and O–H groups in total. The molecule has 0 aromatic carbocycles. The third-order valence-corrected chi connectivity index (χ3v) is 5.47. The van der Waals surface area contributed by atoms with Crippen LogP contribution in [0.1, 0.15) is 57.2 Å². The van der Waals surface area contributed by atoms with Gasteiger partial charge in [-0.1, -0.05) is 26.2 Å². The van der Waals surface area contributed by atoms with Crippen LogP contribution in [0.3, 0.4) is 0 Å². The lowest BCUT2D eigenvalue weighted by Crippen LogP contribution is -2.42. The van der Waals surface area contributed by atoms with E-state index in [0.29, 0.717) is 18.4 Å². The fourth-order valence-corrected chi connectivity index (χ4v) is 4.33. The first kappa shape index (κ1) is 14.8. The first-order chi connectivity index (χ1) is 10.1. The zero-order valence-corrected chi connectivity index (χ0v) is 13.3. The Balaban J connectivity index is 1.71. The summed E-state index contributed by atoms with van der Waals surface area (Å²) in [4.78, 5) is 18.1. The largest absolute Gasteiger partial charge is 0.481 e. The Morgan fingerprint density at radius 2 is 2.05 bits per heavy atom. The van der Waals surface area contributed by atoms with Crippen molar-refractivity contribution in [3.05, 3.63) is 5.82 Å². The van der Waals surface area contributed by atoms with E-state index in [0.717, 1.165) is 23.9 Å². The van der Waals surface area contributed by atoms with Crippen molar-refractivity contribution >= 4 is 22.6 Å². The molecule has 116 valence electrons. The van der Waals surface area contributed by atoms with Crippen molar-refractivity contribution < 1.29 is 9.90 Å². The molecule has 2 fully saturated rings. The number of aromatic nitrogens is 2. The van der Waals surface area contributed by atoms with E-state index in [-0.39, 0.29) is 5.92 Å². The molecule has 1 aliphatic carbocycles. The maximum Gasteiger partial charge on any atom is 0.308 e. The Bertz CT molecular complexity index is 499. The number of carboxylic acids is 1. The second kappa shape index (κ2) is 6.30. The van der Waals surface area contributed by atoms with Crippen molar-refractivity contribution in [3.63, 3.8) is 0 Å². The van der Waals surface area contributed by atoms with Crippen molar-refractivity contribution in [3.8, 4) is 0 Å². The van der Waals surface area contributed by atoms with Crippen molar-refractivity contribution in [1.29, 1.82) is 0 Å². The minimum absolute atomic E-state index is 0.282. The fourth-order valence-electron chi connectivity index (χ4n) is 3.57. The molecule has 2 heterocycles. The van der Waals surface area contributed by atoms with Gasteiger partial charge in [-0.25, -0.2) is 4.98 Å². The van der Waals surface area contributed by atoms with Gasteiger partial charge in [0.05, 0.1) is 5.92 Å². The first-order valence-electron chi connectivity index (χ1n) is 7.95. The Kier molecular flexibility index (Phi) is 4.42. The SMILES string of the molecule is CC1CC(C(=O)O)CN(c2nc(C3CCCCC3)ns2)C1. The molecule has 6 heteroatoms. The van der Waals surface area contributed by atoms with Crippen LogP contribution < -0.4 is 4.90 Å². The third kappa shape index (κ3) is 3.36. The highest BCUT2D eigenvalue weighted by atomic mass is 32.1. The van der Waals surface area contributed by atoms with Gasteiger partial charge in [-0.2, -0.15) is 4.37 Å². The standard InChI is InChI=1S/C15H23N3O2S/c1-10-7-12(14(19)20)9-18(8-10)15-16-13(17-21-15)11-5-3-2-4-6-11/h10-12H,2-9H2,1H3,(H,19,20). The Hall–Kier alpha value is -1.17. The molecule has 3 rings (SSSR count). The lowest BCUT2D eigenvalue weighted by molar-refractivity contribution is -0.142. The Morgan fingerprint density at radius 3 is 2.76 bits per heavy atom. The van der Waals surface area contributed by atoms with Crippen LogP contribution in [-0.4, -0.2) is 33.5 Å². The Morgan fingerprint density at radius 1 is 1.29 bits per heavy atom. The van der Waals surface area contributed by atoms with Crippen LogP contribution >= 0.6 is 11.5 Å². The van der Waals surface area contributed by atoms with E-state index in [2.05, 4.69) is 16.2 Å². The van der Waals surface area contributed by atoms with Gasteiger partial charge in [0.1, 0.15) is 5.82 Å². The van der Waals surface area contributed by atoms with Crippen LogP contribution in [-0.2, 0) is 4.79 Å². The van der Waals surface area contributed by atoms with Crippen molar-refractivity contribution in [2.75, 3.05) is 18.0 Å². The molecule has 1 aliphatic heterocycles. The minimum atomic E-state index is -0.691. The van der Waals surface area contributed by atoms with E-state index >= 15 is 0 Å². The summed E-state index contributed by atoms with van der Waals surface area (Å²) in [5.74, 6) is 0.919. The van der Waals surface area contributed by atoms with Gasteiger partial charge in [0, 0.05) is 30.5 Å². The van der Waals surface area contributed by atoms with Crippen LogP contribution in [0, 0.1) is 11.8 Å². The summed E-state index contributed by atoms with van der Waals surface area (Å²) in [6.07, 6.45) is 7.05. The van der Waals surface area contributed by atoms with Gasteiger partial charge in [0.15, 0.2) is 0 Å². The molecular weight excluding hydrogens is 286 g/mol. The van der Waals surface area contributed by atoms with Crippen LogP contribution in [0.5, 0.6) is 0 Å². The van der Waals surface area contributed by atoms with Gasteiger partial charge < -0.3 is 10.0 Å². The van der Waals surface area contributed by atoms with Crippen LogP contribution in [0.2, 0.25) is 0 Å². The number of aliphatic carboxylic acids is 1. The molecule has 1 saturated heterocycles. The number of carbonyl (C=O) groups is 1. The van der Waals surface area contributed by atoms with Gasteiger partial charge in [-0.15, -0.1) is 0 Å². The summed E-state index contributed by atoms with van der Waals surface area (Å²) in [6.45, 7) is 3.58. The zero-order valence-electron chi connectivity index (χ0n) is 12.5. The minimum Gasteiger partial charge on any atom is -0.481 e. The zero-order chi connectivity index (χ0) is 14.8. The molecule has 2 atom stereocenters. The van der Waals surface area contributed by atoms with E-state index < -0.39 is 5.97 Å². The molecule has 0 bridgehead atoms. The van der Waals surface area contributed by atoms with Gasteiger partial charge in [-0.05, 0) is 25.2 Å². The van der Waals surface area contributed by atoms with E-state index in [1.165, 1.54) is 43.6 Å². The topological polar surface area (TPSA) is 66.3 Å². The van der Waals surface area contributed by atoms with E-state index in [1.54, 1.807) is 0 Å². The quantitative estimate of drug-likeness (QED) is 0.929. The molecule has 1 aromatic rings. The summed E-state index contributed by atoms with van der Waals surface area (Å²) < 4.78 is 4.55. The third-order valence-electron chi connectivity index (χ3n) is 4.68. The van der Waals surface area contributed by atoms with Crippen molar-refractivity contribution in [1.82, 2.24) is 9.36 Å². The number of carboxylic acid groups (broad SMARTS) is 1. The van der Waals surface area contributed by atoms with Crippen LogP contribution in [0.15, 0.2) is 0 Å². The summed E-state index contributed by atoms with van der Waals surface area (Å²) in [5, 5.41) is 10.2. The summed E-state index contributed by atoms with van der Waals surface area (Å²) in [5.41, 5.74) is 0. The second-order valence-corrected chi connectivity index (χ2v) is 7.28. The summed E-state index contributed by atoms with van der Waals surface area (Å²) in [6, 6.07) is 0. The highest BCUT2D eigenvalue weighted by Crippen LogP contribution is 2.34. The summed E-state index contributed by atoms with van der Waals surface area (Å²) >= 11 is 1.44. The van der Waals surface area contributed by atoms with E-state index in [1.807, 2.05) is 0 Å². The number of anilines is 1. The molecule has 1 saturated carbocycles. The van der Waals surface area contributed by atoms with Gasteiger partial charge in [-0.3, -0.25) is 4.79 Å². The second-order valence-electron chi connectivity index (χ2n) is 6.55. The number of nitrogens with zero attached hydrogens (tertiary/aromatic N) is 3. The maximum atomic E-state index is 11.3. The highest BCUT2D eigenvalue weighted by Gasteiger charge is 2.31. The molecule has 2 unspecified atom stereocenters. The smallest absolute Gasteiger partial charge is 0.308 e.